The van der Waals surface area contributed by atoms with Crippen molar-refractivity contribution < 1.29 is 4.74 Å². The van der Waals surface area contributed by atoms with Gasteiger partial charge in [-0.05, 0) is 20.8 Å². The normalized spacial score (nSPS) is 12.2. The van der Waals surface area contributed by atoms with Crippen molar-refractivity contribution in [2.45, 2.75) is 33.0 Å². The first kappa shape index (κ1) is 10.8. The van der Waals surface area contributed by atoms with Gasteiger partial charge in [0.15, 0.2) is 11.5 Å². The fraction of sp³-hybridized carbons (Fsp3) is 0.500. The summed E-state index contributed by atoms with van der Waals surface area (Å²) in [6.45, 7) is 6.37. The quantitative estimate of drug-likeness (QED) is 0.796. The Kier molecular flexibility index (Phi) is 2.51. The number of fused-ring (bicyclic) bond motifs is 1. The van der Waals surface area contributed by atoms with Crippen LogP contribution in [-0.4, -0.2) is 25.5 Å². The molecule has 2 rings (SSSR count). The van der Waals surface area contributed by atoms with Crippen LogP contribution >= 0.6 is 0 Å². The molecule has 0 aliphatic carbocycles. The number of hydrogen-bond acceptors (Lipinski definition) is 5. The molecule has 0 amide bonds. The van der Waals surface area contributed by atoms with Crippen LogP contribution in [0.25, 0.3) is 11.2 Å². The highest BCUT2D eigenvalue weighted by Gasteiger charge is 2.13. The summed E-state index contributed by atoms with van der Waals surface area (Å²) in [6, 6.07) is 0. The number of ether oxygens (including phenoxy) is 1. The van der Waals surface area contributed by atoms with E-state index in [1.165, 1.54) is 6.33 Å². The van der Waals surface area contributed by atoms with Crippen molar-refractivity contribution in [3.8, 4) is 0 Å². The van der Waals surface area contributed by atoms with Gasteiger partial charge in [0.2, 0.25) is 0 Å². The van der Waals surface area contributed by atoms with E-state index >= 15 is 0 Å². The molecule has 86 valence electrons. The van der Waals surface area contributed by atoms with Gasteiger partial charge >= 0.3 is 0 Å². The molecule has 16 heavy (non-hydrogen) atoms. The first-order valence-electron chi connectivity index (χ1n) is 5.05. The molecular formula is C10H15N5O. The van der Waals surface area contributed by atoms with Gasteiger partial charge in [-0.1, -0.05) is 0 Å². The second kappa shape index (κ2) is 3.71. The molecule has 0 aliphatic rings. The second-order valence-electron chi connectivity index (χ2n) is 4.54. The van der Waals surface area contributed by atoms with E-state index in [9.17, 15) is 0 Å². The number of nitrogen functional groups attached to an aromatic ring is 1. The molecule has 2 aromatic rings. The van der Waals surface area contributed by atoms with Gasteiger partial charge in [0.1, 0.15) is 24.3 Å². The highest BCUT2D eigenvalue weighted by molar-refractivity contribution is 5.80. The summed E-state index contributed by atoms with van der Waals surface area (Å²) in [6.07, 6.45) is 1.40. The van der Waals surface area contributed by atoms with Gasteiger partial charge in [0, 0.05) is 0 Å². The lowest BCUT2D eigenvalue weighted by atomic mass is 10.2. The Morgan fingerprint density at radius 3 is 2.75 bits per heavy atom. The van der Waals surface area contributed by atoms with Crippen molar-refractivity contribution in [1.29, 1.82) is 0 Å². The van der Waals surface area contributed by atoms with E-state index in [-0.39, 0.29) is 5.60 Å². The van der Waals surface area contributed by atoms with E-state index < -0.39 is 0 Å². The van der Waals surface area contributed by atoms with E-state index in [0.29, 0.717) is 29.4 Å². The Labute approximate surface area is 93.3 Å². The van der Waals surface area contributed by atoms with Gasteiger partial charge in [0.25, 0.3) is 0 Å². The summed E-state index contributed by atoms with van der Waals surface area (Å²) in [7, 11) is 0. The lowest BCUT2D eigenvalue weighted by Crippen LogP contribution is -2.19. The monoisotopic (exact) mass is 221 g/mol. The largest absolute Gasteiger partial charge is 0.382 e. The fourth-order valence-corrected chi connectivity index (χ4v) is 1.25. The minimum absolute atomic E-state index is 0.198. The number of imidazole rings is 1. The van der Waals surface area contributed by atoms with Crippen molar-refractivity contribution in [3.63, 3.8) is 0 Å². The van der Waals surface area contributed by atoms with E-state index in [4.69, 9.17) is 10.5 Å². The van der Waals surface area contributed by atoms with Crippen molar-refractivity contribution in [3.05, 3.63) is 12.2 Å². The summed E-state index contributed by atoms with van der Waals surface area (Å²) in [5.41, 5.74) is 6.72. The highest BCUT2D eigenvalue weighted by atomic mass is 16.5. The molecule has 0 aliphatic heterocycles. The van der Waals surface area contributed by atoms with Crippen LogP contribution in [0.15, 0.2) is 6.33 Å². The van der Waals surface area contributed by atoms with Crippen LogP contribution in [0.3, 0.4) is 0 Å². The first-order valence-corrected chi connectivity index (χ1v) is 5.05. The number of aromatic nitrogens is 4. The Balaban J connectivity index is 2.24. The fourth-order valence-electron chi connectivity index (χ4n) is 1.25. The van der Waals surface area contributed by atoms with Gasteiger partial charge in [-0.25, -0.2) is 15.0 Å². The molecule has 0 saturated carbocycles. The zero-order valence-electron chi connectivity index (χ0n) is 9.61. The van der Waals surface area contributed by atoms with E-state index in [2.05, 4.69) is 19.9 Å². The Morgan fingerprint density at radius 2 is 2.12 bits per heavy atom. The van der Waals surface area contributed by atoms with Crippen LogP contribution in [0.1, 0.15) is 26.6 Å². The molecule has 0 bridgehead atoms. The smallest absolute Gasteiger partial charge is 0.183 e. The standard InChI is InChI=1S/C10H15N5O/c1-10(2,3)16-4-6-14-7-8(11)12-5-13-9(7)15-6/h5H,4H2,1-3H3,(H3,11,12,13,14,15). The third-order valence-electron chi connectivity index (χ3n) is 2.01. The maximum atomic E-state index is 5.69. The van der Waals surface area contributed by atoms with Crippen LogP contribution < -0.4 is 5.73 Å². The Bertz CT molecular complexity index is 499. The molecule has 2 aromatic heterocycles. The van der Waals surface area contributed by atoms with Gasteiger partial charge in [-0.2, -0.15) is 0 Å². The minimum Gasteiger partial charge on any atom is -0.382 e. The second-order valence-corrected chi connectivity index (χ2v) is 4.54. The zero-order valence-corrected chi connectivity index (χ0v) is 9.61. The Morgan fingerprint density at radius 1 is 1.38 bits per heavy atom. The average Bonchev–Trinajstić information content (AvgIpc) is 2.58. The molecule has 6 nitrogen and oxygen atoms in total. The van der Waals surface area contributed by atoms with E-state index in [1.807, 2.05) is 20.8 Å². The molecule has 6 heteroatoms. The predicted molar refractivity (Wildman–Crippen MR) is 60.6 cm³/mol. The van der Waals surface area contributed by atoms with Crippen molar-refractivity contribution in [1.82, 2.24) is 19.9 Å². The Hall–Kier alpha value is -1.69. The van der Waals surface area contributed by atoms with Gasteiger partial charge in [0.05, 0.1) is 5.60 Å². The topological polar surface area (TPSA) is 89.7 Å². The molecule has 3 N–H and O–H groups in total. The lowest BCUT2D eigenvalue weighted by Gasteiger charge is -2.18. The molecule has 0 aromatic carbocycles. The molecule has 0 radical (unpaired) electrons. The molecule has 0 saturated heterocycles. The maximum absolute atomic E-state index is 5.69. The number of nitrogens with one attached hydrogen (secondary N) is 1. The number of nitrogens with two attached hydrogens (primary N) is 1. The number of aromatic amines is 1. The van der Waals surface area contributed by atoms with Gasteiger partial charge in [-0.15, -0.1) is 0 Å². The molecule has 2 heterocycles. The third kappa shape index (κ3) is 2.27. The first-order chi connectivity index (χ1) is 7.46. The van der Waals surface area contributed by atoms with Crippen LogP contribution in [0, 0.1) is 0 Å². The van der Waals surface area contributed by atoms with Crippen molar-refractivity contribution >= 4 is 17.0 Å². The predicted octanol–water partition coefficient (Wildman–Crippen LogP) is 1.25. The van der Waals surface area contributed by atoms with Crippen molar-refractivity contribution in [2.24, 2.45) is 0 Å². The third-order valence-corrected chi connectivity index (χ3v) is 2.01. The number of anilines is 1. The number of rotatable bonds is 2. The molecule has 0 spiro atoms. The van der Waals surface area contributed by atoms with Crippen LogP contribution in [0.2, 0.25) is 0 Å². The molecule has 0 fully saturated rings. The summed E-state index contributed by atoms with van der Waals surface area (Å²) in [5, 5.41) is 0. The lowest BCUT2D eigenvalue weighted by molar-refractivity contribution is -0.0177. The number of nitrogens with zero attached hydrogens (tertiary/aromatic N) is 3. The summed E-state index contributed by atoms with van der Waals surface area (Å²) < 4.78 is 5.60. The average molecular weight is 221 g/mol. The van der Waals surface area contributed by atoms with Crippen molar-refractivity contribution in [2.75, 3.05) is 5.73 Å². The zero-order chi connectivity index (χ0) is 11.8. The van der Waals surface area contributed by atoms with Gasteiger partial charge in [-0.3, -0.25) is 0 Å². The number of hydrogen-bond donors (Lipinski definition) is 2. The van der Waals surface area contributed by atoms with E-state index in [0.717, 1.165) is 0 Å². The minimum atomic E-state index is -0.198. The van der Waals surface area contributed by atoms with Gasteiger partial charge < -0.3 is 15.5 Å². The van der Waals surface area contributed by atoms with Crippen LogP contribution in [0.4, 0.5) is 5.82 Å². The van der Waals surface area contributed by atoms with Crippen LogP contribution in [0.5, 0.6) is 0 Å². The summed E-state index contributed by atoms with van der Waals surface area (Å²) >= 11 is 0. The van der Waals surface area contributed by atoms with E-state index in [1.54, 1.807) is 0 Å². The maximum Gasteiger partial charge on any atom is 0.183 e. The summed E-state index contributed by atoms with van der Waals surface area (Å²) in [5.74, 6) is 1.11. The molecule has 0 atom stereocenters. The summed E-state index contributed by atoms with van der Waals surface area (Å²) in [4.78, 5) is 15.2. The number of H-pyrrole nitrogens is 1. The molecular weight excluding hydrogens is 206 g/mol. The SMILES string of the molecule is CC(C)(C)OCc1nc2ncnc(N)c2[nH]1. The highest BCUT2D eigenvalue weighted by Crippen LogP contribution is 2.15. The molecule has 0 unspecified atom stereocenters. The van der Waals surface area contributed by atoms with Crippen LogP contribution in [-0.2, 0) is 11.3 Å².